The van der Waals surface area contributed by atoms with Gasteiger partial charge in [-0.05, 0) is 45.0 Å². The second kappa shape index (κ2) is 6.31. The van der Waals surface area contributed by atoms with Crippen LogP contribution >= 0.6 is 0 Å². The number of hydrogen-bond donors (Lipinski definition) is 1. The molecule has 2 aromatic rings. The van der Waals surface area contributed by atoms with Gasteiger partial charge in [0.25, 0.3) is 0 Å². The van der Waals surface area contributed by atoms with Crippen LogP contribution < -0.4 is 10.2 Å². The first-order chi connectivity index (χ1) is 9.85. The summed E-state index contributed by atoms with van der Waals surface area (Å²) in [6.07, 6.45) is 1.70. The molecule has 0 atom stereocenters. The standard InChI is InChI=1S/C17H23FN2O/c1-17(2,3)19-11-16-13(8-9-21-16)12-20(4)15-7-5-6-14(18)10-15/h5-10,19H,11-12H2,1-4H3. The number of anilines is 1. The van der Waals surface area contributed by atoms with Crippen molar-refractivity contribution in [2.45, 2.75) is 39.4 Å². The molecule has 0 aliphatic heterocycles. The molecule has 4 heteroatoms. The predicted octanol–water partition coefficient (Wildman–Crippen LogP) is 3.94. The van der Waals surface area contributed by atoms with Gasteiger partial charge in [-0.1, -0.05) is 6.07 Å². The SMILES string of the molecule is CN(Cc1ccoc1CNC(C)(C)C)c1cccc(F)c1. The topological polar surface area (TPSA) is 28.4 Å². The molecule has 2 rings (SSSR count). The molecule has 0 fully saturated rings. The minimum absolute atomic E-state index is 0.0402. The number of nitrogens with zero attached hydrogens (tertiary/aromatic N) is 1. The highest BCUT2D eigenvalue weighted by Gasteiger charge is 2.14. The summed E-state index contributed by atoms with van der Waals surface area (Å²) < 4.78 is 18.8. The van der Waals surface area contributed by atoms with Gasteiger partial charge in [0.1, 0.15) is 11.6 Å². The van der Waals surface area contributed by atoms with E-state index < -0.39 is 0 Å². The maximum absolute atomic E-state index is 13.3. The minimum atomic E-state index is -0.221. The largest absolute Gasteiger partial charge is 0.468 e. The van der Waals surface area contributed by atoms with Crippen LogP contribution in [0.1, 0.15) is 32.1 Å². The molecule has 0 bridgehead atoms. The highest BCUT2D eigenvalue weighted by atomic mass is 19.1. The zero-order chi connectivity index (χ0) is 15.5. The van der Waals surface area contributed by atoms with E-state index in [1.54, 1.807) is 12.3 Å². The van der Waals surface area contributed by atoms with Gasteiger partial charge >= 0.3 is 0 Å². The summed E-state index contributed by atoms with van der Waals surface area (Å²) in [6.45, 7) is 7.72. The molecule has 1 N–H and O–H groups in total. The minimum Gasteiger partial charge on any atom is -0.468 e. The zero-order valence-electron chi connectivity index (χ0n) is 13.1. The Morgan fingerprint density at radius 1 is 1.24 bits per heavy atom. The molecule has 114 valence electrons. The summed E-state index contributed by atoms with van der Waals surface area (Å²) in [5, 5.41) is 3.41. The third kappa shape index (κ3) is 4.60. The third-order valence-corrected chi connectivity index (χ3v) is 3.27. The van der Waals surface area contributed by atoms with E-state index in [0.717, 1.165) is 17.0 Å². The summed E-state index contributed by atoms with van der Waals surface area (Å²) in [6, 6.07) is 8.57. The van der Waals surface area contributed by atoms with Crippen LogP contribution in [0.25, 0.3) is 0 Å². The van der Waals surface area contributed by atoms with E-state index in [1.807, 2.05) is 24.1 Å². The Labute approximate surface area is 125 Å². The monoisotopic (exact) mass is 290 g/mol. The van der Waals surface area contributed by atoms with Crippen molar-refractivity contribution in [1.82, 2.24) is 5.32 Å². The van der Waals surface area contributed by atoms with Crippen LogP contribution in [-0.4, -0.2) is 12.6 Å². The maximum Gasteiger partial charge on any atom is 0.125 e. The van der Waals surface area contributed by atoms with E-state index in [-0.39, 0.29) is 11.4 Å². The van der Waals surface area contributed by atoms with Crippen molar-refractivity contribution in [2.24, 2.45) is 0 Å². The molecule has 0 aliphatic carbocycles. The van der Waals surface area contributed by atoms with Crippen LogP contribution in [0.15, 0.2) is 41.0 Å². The number of furan rings is 1. The zero-order valence-corrected chi connectivity index (χ0v) is 13.1. The quantitative estimate of drug-likeness (QED) is 0.904. The molecular weight excluding hydrogens is 267 g/mol. The maximum atomic E-state index is 13.3. The summed E-state index contributed by atoms with van der Waals surface area (Å²) in [4.78, 5) is 2.01. The molecule has 1 heterocycles. The molecule has 21 heavy (non-hydrogen) atoms. The smallest absolute Gasteiger partial charge is 0.125 e. The predicted molar refractivity (Wildman–Crippen MR) is 83.8 cm³/mol. The lowest BCUT2D eigenvalue weighted by Gasteiger charge is -2.22. The first kappa shape index (κ1) is 15.6. The molecule has 0 aliphatic rings. The Morgan fingerprint density at radius 2 is 2.00 bits per heavy atom. The van der Waals surface area contributed by atoms with Gasteiger partial charge in [0, 0.05) is 30.4 Å². The van der Waals surface area contributed by atoms with Crippen molar-refractivity contribution in [3.05, 3.63) is 53.7 Å². The van der Waals surface area contributed by atoms with Crippen LogP contribution in [0.4, 0.5) is 10.1 Å². The van der Waals surface area contributed by atoms with Gasteiger partial charge in [-0.2, -0.15) is 0 Å². The lowest BCUT2D eigenvalue weighted by molar-refractivity contribution is 0.386. The number of benzene rings is 1. The Kier molecular flexibility index (Phi) is 4.68. The molecule has 1 aromatic heterocycles. The molecular formula is C17H23FN2O. The van der Waals surface area contributed by atoms with Crippen LogP contribution in [0.3, 0.4) is 0 Å². The van der Waals surface area contributed by atoms with Crippen LogP contribution in [-0.2, 0) is 13.1 Å². The van der Waals surface area contributed by atoms with E-state index in [4.69, 9.17) is 4.42 Å². The average Bonchev–Trinajstić information content (AvgIpc) is 2.83. The van der Waals surface area contributed by atoms with Gasteiger partial charge in [-0.3, -0.25) is 0 Å². The molecule has 3 nitrogen and oxygen atoms in total. The van der Waals surface area contributed by atoms with Crippen molar-refractivity contribution in [3.63, 3.8) is 0 Å². The van der Waals surface area contributed by atoms with Gasteiger partial charge < -0.3 is 14.6 Å². The van der Waals surface area contributed by atoms with Crippen LogP contribution in [0.2, 0.25) is 0 Å². The number of hydrogen-bond acceptors (Lipinski definition) is 3. The highest BCUT2D eigenvalue weighted by Crippen LogP contribution is 2.19. The normalized spacial score (nSPS) is 11.7. The second-order valence-electron chi connectivity index (χ2n) is 6.31. The molecule has 0 saturated carbocycles. The Morgan fingerprint density at radius 3 is 2.67 bits per heavy atom. The molecule has 0 saturated heterocycles. The van der Waals surface area contributed by atoms with Crippen molar-refractivity contribution in [2.75, 3.05) is 11.9 Å². The number of halogens is 1. The van der Waals surface area contributed by atoms with Gasteiger partial charge in [0.05, 0.1) is 12.8 Å². The van der Waals surface area contributed by atoms with E-state index in [1.165, 1.54) is 12.1 Å². The van der Waals surface area contributed by atoms with Crippen molar-refractivity contribution in [1.29, 1.82) is 0 Å². The number of rotatable bonds is 5. The average molecular weight is 290 g/mol. The summed E-state index contributed by atoms with van der Waals surface area (Å²) in [7, 11) is 1.95. The Balaban J connectivity index is 2.05. The molecule has 0 radical (unpaired) electrons. The summed E-state index contributed by atoms with van der Waals surface area (Å²) in [5.41, 5.74) is 2.00. The second-order valence-corrected chi connectivity index (χ2v) is 6.31. The van der Waals surface area contributed by atoms with Gasteiger partial charge in [0.15, 0.2) is 0 Å². The fourth-order valence-corrected chi connectivity index (χ4v) is 2.07. The van der Waals surface area contributed by atoms with Crippen LogP contribution in [0, 0.1) is 5.82 Å². The van der Waals surface area contributed by atoms with E-state index in [2.05, 4.69) is 26.1 Å². The van der Waals surface area contributed by atoms with E-state index in [9.17, 15) is 4.39 Å². The van der Waals surface area contributed by atoms with Gasteiger partial charge in [-0.25, -0.2) is 4.39 Å². The summed E-state index contributed by atoms with van der Waals surface area (Å²) >= 11 is 0. The van der Waals surface area contributed by atoms with Crippen LogP contribution in [0.5, 0.6) is 0 Å². The molecule has 0 spiro atoms. The Bertz CT molecular complexity index is 586. The lowest BCUT2D eigenvalue weighted by Crippen LogP contribution is -2.35. The van der Waals surface area contributed by atoms with Crippen molar-refractivity contribution in [3.8, 4) is 0 Å². The van der Waals surface area contributed by atoms with Crippen molar-refractivity contribution < 1.29 is 8.81 Å². The fourth-order valence-electron chi connectivity index (χ4n) is 2.07. The van der Waals surface area contributed by atoms with Gasteiger partial charge in [-0.15, -0.1) is 0 Å². The highest BCUT2D eigenvalue weighted by molar-refractivity contribution is 5.46. The van der Waals surface area contributed by atoms with Crippen molar-refractivity contribution >= 4 is 5.69 Å². The molecule has 0 unspecified atom stereocenters. The van der Waals surface area contributed by atoms with Gasteiger partial charge in [0.2, 0.25) is 0 Å². The number of nitrogens with one attached hydrogen (secondary N) is 1. The molecule has 1 aromatic carbocycles. The first-order valence-corrected chi connectivity index (χ1v) is 7.12. The summed E-state index contributed by atoms with van der Waals surface area (Å²) in [5.74, 6) is 0.703. The first-order valence-electron chi connectivity index (χ1n) is 7.12. The third-order valence-electron chi connectivity index (χ3n) is 3.27. The lowest BCUT2D eigenvalue weighted by atomic mass is 10.1. The fraction of sp³-hybridized carbons (Fsp3) is 0.412. The van der Waals surface area contributed by atoms with E-state index >= 15 is 0 Å². The molecule has 0 amide bonds. The Hall–Kier alpha value is -1.81. The van der Waals surface area contributed by atoms with E-state index in [0.29, 0.717) is 13.1 Å².